The van der Waals surface area contributed by atoms with Gasteiger partial charge in [-0.3, -0.25) is 9.59 Å². The van der Waals surface area contributed by atoms with E-state index >= 15 is 0 Å². The molecule has 3 rings (SSSR count). The van der Waals surface area contributed by atoms with Gasteiger partial charge in [0.25, 0.3) is 0 Å². The lowest BCUT2D eigenvalue weighted by atomic mass is 10.0. The van der Waals surface area contributed by atoms with E-state index < -0.39 is 0 Å². The van der Waals surface area contributed by atoms with E-state index in [0.717, 1.165) is 11.5 Å². The fraction of sp³-hybridized carbons (Fsp3) is 0.500. The number of carbonyl (C=O) groups is 2. The first-order chi connectivity index (χ1) is 15.2. The number of aryl methyl sites for hydroxylation is 1. The SMILES string of the molecule is CC(C)N1C[C@H](c2cc(N(C)C)nc(CN(C)C(=O)CCc3ccccc3F)n2)CC1=O. The molecule has 0 N–H and O–H groups in total. The maximum absolute atomic E-state index is 13.8. The molecule has 1 aliphatic heterocycles. The van der Waals surface area contributed by atoms with Gasteiger partial charge in [0.2, 0.25) is 11.8 Å². The van der Waals surface area contributed by atoms with Crippen LogP contribution in [-0.4, -0.2) is 65.3 Å². The Labute approximate surface area is 189 Å². The van der Waals surface area contributed by atoms with Gasteiger partial charge < -0.3 is 14.7 Å². The second-order valence-corrected chi connectivity index (χ2v) is 8.84. The molecule has 1 fully saturated rings. The molecule has 172 valence electrons. The van der Waals surface area contributed by atoms with Crippen LogP contribution >= 0.6 is 0 Å². The highest BCUT2D eigenvalue weighted by Gasteiger charge is 2.33. The van der Waals surface area contributed by atoms with Crippen LogP contribution in [0.4, 0.5) is 10.2 Å². The Morgan fingerprint density at radius 2 is 1.94 bits per heavy atom. The molecule has 0 aliphatic carbocycles. The van der Waals surface area contributed by atoms with E-state index in [0.29, 0.717) is 30.8 Å². The summed E-state index contributed by atoms with van der Waals surface area (Å²) in [6, 6.07) is 8.58. The van der Waals surface area contributed by atoms with Crippen LogP contribution in [0.3, 0.4) is 0 Å². The van der Waals surface area contributed by atoms with Crippen LogP contribution in [0.1, 0.15) is 49.7 Å². The zero-order chi connectivity index (χ0) is 23.4. The van der Waals surface area contributed by atoms with Gasteiger partial charge in [-0.15, -0.1) is 0 Å². The van der Waals surface area contributed by atoms with Crippen molar-refractivity contribution in [1.29, 1.82) is 0 Å². The van der Waals surface area contributed by atoms with Gasteiger partial charge in [-0.2, -0.15) is 0 Å². The highest BCUT2D eigenvalue weighted by molar-refractivity contribution is 5.80. The molecule has 1 atom stereocenters. The van der Waals surface area contributed by atoms with Crippen molar-refractivity contribution in [1.82, 2.24) is 19.8 Å². The van der Waals surface area contributed by atoms with Crippen LogP contribution in [0.15, 0.2) is 30.3 Å². The molecule has 2 amide bonds. The Balaban J connectivity index is 1.72. The first kappa shape index (κ1) is 23.6. The molecule has 1 aromatic heterocycles. The summed E-state index contributed by atoms with van der Waals surface area (Å²) in [4.78, 5) is 39.7. The van der Waals surface area contributed by atoms with Gasteiger partial charge in [0.05, 0.1) is 12.2 Å². The van der Waals surface area contributed by atoms with Crippen molar-refractivity contribution < 1.29 is 14.0 Å². The molecule has 8 heteroatoms. The molecule has 0 bridgehead atoms. The third-order valence-corrected chi connectivity index (χ3v) is 5.81. The molecular formula is C24H32FN5O2. The van der Waals surface area contributed by atoms with Crippen LogP contribution in [-0.2, 0) is 22.6 Å². The van der Waals surface area contributed by atoms with E-state index in [-0.39, 0.29) is 42.6 Å². The molecule has 0 saturated carbocycles. The minimum absolute atomic E-state index is 0.00686. The number of likely N-dealkylation sites (tertiary alicyclic amines) is 1. The predicted molar refractivity (Wildman–Crippen MR) is 122 cm³/mol. The molecule has 0 unspecified atom stereocenters. The first-order valence-corrected chi connectivity index (χ1v) is 11.0. The number of aromatic nitrogens is 2. The number of rotatable bonds is 8. The van der Waals surface area contributed by atoms with Crippen molar-refractivity contribution >= 4 is 17.6 Å². The van der Waals surface area contributed by atoms with Crippen molar-refractivity contribution in [2.75, 3.05) is 32.6 Å². The van der Waals surface area contributed by atoms with Crippen molar-refractivity contribution in [3.63, 3.8) is 0 Å². The van der Waals surface area contributed by atoms with Crippen LogP contribution in [0.2, 0.25) is 0 Å². The summed E-state index contributed by atoms with van der Waals surface area (Å²) in [7, 11) is 5.51. The van der Waals surface area contributed by atoms with Gasteiger partial charge in [-0.25, -0.2) is 14.4 Å². The average molecular weight is 442 g/mol. The zero-order valence-corrected chi connectivity index (χ0v) is 19.5. The van der Waals surface area contributed by atoms with E-state index in [1.165, 1.54) is 6.07 Å². The first-order valence-electron chi connectivity index (χ1n) is 11.0. The maximum atomic E-state index is 13.8. The van der Waals surface area contributed by atoms with Crippen LogP contribution < -0.4 is 4.90 Å². The molecule has 1 aliphatic rings. The minimum atomic E-state index is -0.295. The predicted octanol–water partition coefficient (Wildman–Crippen LogP) is 3.00. The molecule has 2 heterocycles. The Hall–Kier alpha value is -3.03. The summed E-state index contributed by atoms with van der Waals surface area (Å²) in [5.41, 5.74) is 1.35. The topological polar surface area (TPSA) is 69.6 Å². The number of benzene rings is 1. The van der Waals surface area contributed by atoms with Gasteiger partial charge in [0.1, 0.15) is 17.5 Å². The fourth-order valence-electron chi connectivity index (χ4n) is 3.87. The van der Waals surface area contributed by atoms with Crippen molar-refractivity contribution in [3.05, 3.63) is 53.2 Å². The number of amides is 2. The van der Waals surface area contributed by atoms with Crippen LogP contribution in [0.5, 0.6) is 0 Å². The average Bonchev–Trinajstić information content (AvgIpc) is 3.14. The number of hydrogen-bond donors (Lipinski definition) is 0. The number of hydrogen-bond acceptors (Lipinski definition) is 5. The second kappa shape index (κ2) is 10.1. The van der Waals surface area contributed by atoms with Crippen molar-refractivity contribution in [2.24, 2.45) is 0 Å². The lowest BCUT2D eigenvalue weighted by Gasteiger charge is -2.22. The Bertz CT molecular complexity index is 979. The highest BCUT2D eigenvalue weighted by Crippen LogP contribution is 2.30. The zero-order valence-electron chi connectivity index (χ0n) is 19.5. The van der Waals surface area contributed by atoms with E-state index in [1.54, 1.807) is 30.1 Å². The third kappa shape index (κ3) is 5.60. The molecule has 1 saturated heterocycles. The molecule has 1 aromatic carbocycles. The summed E-state index contributed by atoms with van der Waals surface area (Å²) in [6.07, 6.45) is 0.978. The summed E-state index contributed by atoms with van der Waals surface area (Å²) < 4.78 is 13.8. The molecule has 2 aromatic rings. The number of anilines is 1. The number of nitrogens with zero attached hydrogens (tertiary/aromatic N) is 5. The molecule has 0 spiro atoms. The van der Waals surface area contributed by atoms with E-state index in [9.17, 15) is 14.0 Å². The second-order valence-electron chi connectivity index (χ2n) is 8.84. The lowest BCUT2D eigenvalue weighted by molar-refractivity contribution is -0.130. The quantitative estimate of drug-likeness (QED) is 0.630. The standard InChI is InChI=1S/C24H32FN5O2/c1-16(2)30-14-18(12-24(30)32)20-13-22(28(3)4)27-21(26-20)15-29(5)23(31)11-10-17-8-6-7-9-19(17)25/h6-9,13,16,18H,10-12,14-15H2,1-5H3/t18-/m1/s1. The molecule has 7 nitrogen and oxygen atoms in total. The van der Waals surface area contributed by atoms with Crippen LogP contribution in [0, 0.1) is 5.82 Å². The Kier molecular flexibility index (Phi) is 7.43. The normalized spacial score (nSPS) is 16.0. The van der Waals surface area contributed by atoms with E-state index in [2.05, 4.69) is 4.98 Å². The van der Waals surface area contributed by atoms with Gasteiger partial charge in [0, 0.05) is 58.6 Å². The molecule has 32 heavy (non-hydrogen) atoms. The fourth-order valence-corrected chi connectivity index (χ4v) is 3.87. The number of halogens is 1. The van der Waals surface area contributed by atoms with Crippen LogP contribution in [0.25, 0.3) is 0 Å². The van der Waals surface area contributed by atoms with E-state index in [4.69, 9.17) is 4.98 Å². The van der Waals surface area contributed by atoms with Crippen molar-refractivity contribution in [3.8, 4) is 0 Å². The monoisotopic (exact) mass is 441 g/mol. The smallest absolute Gasteiger partial charge is 0.223 e. The van der Waals surface area contributed by atoms with Crippen molar-refractivity contribution in [2.45, 2.75) is 51.6 Å². The largest absolute Gasteiger partial charge is 0.363 e. The van der Waals surface area contributed by atoms with Gasteiger partial charge in [-0.1, -0.05) is 18.2 Å². The summed E-state index contributed by atoms with van der Waals surface area (Å²) in [6.45, 7) is 4.91. The van der Waals surface area contributed by atoms with E-state index in [1.807, 2.05) is 43.8 Å². The molecule has 0 radical (unpaired) electrons. The summed E-state index contributed by atoms with van der Waals surface area (Å²) in [5.74, 6) is 1.02. The van der Waals surface area contributed by atoms with Gasteiger partial charge in [0.15, 0.2) is 0 Å². The summed E-state index contributed by atoms with van der Waals surface area (Å²) in [5, 5.41) is 0. The minimum Gasteiger partial charge on any atom is -0.363 e. The third-order valence-electron chi connectivity index (χ3n) is 5.81. The number of carbonyl (C=O) groups excluding carboxylic acids is 2. The maximum Gasteiger partial charge on any atom is 0.223 e. The molecular weight excluding hydrogens is 409 g/mol. The highest BCUT2D eigenvalue weighted by atomic mass is 19.1. The van der Waals surface area contributed by atoms with Gasteiger partial charge in [-0.05, 0) is 31.9 Å². The Morgan fingerprint density at radius 1 is 1.22 bits per heavy atom. The summed E-state index contributed by atoms with van der Waals surface area (Å²) >= 11 is 0. The van der Waals surface area contributed by atoms with Gasteiger partial charge >= 0.3 is 0 Å². The lowest BCUT2D eigenvalue weighted by Crippen LogP contribution is -2.32. The Morgan fingerprint density at radius 3 is 2.56 bits per heavy atom.